The summed E-state index contributed by atoms with van der Waals surface area (Å²) in [5.41, 5.74) is 1.52. The SMILES string of the molecule is CCOc1n[nH]c2cc(NC(=O)NCc3ccccn3)ncc12. The third-order valence-electron chi connectivity index (χ3n) is 3.09. The Bertz CT molecular complexity index is 802. The molecule has 0 aliphatic rings. The first-order valence-corrected chi connectivity index (χ1v) is 7.18. The molecule has 0 aromatic carbocycles. The minimum Gasteiger partial charge on any atom is -0.476 e. The maximum Gasteiger partial charge on any atom is 0.320 e. The number of aromatic nitrogens is 4. The Balaban J connectivity index is 1.63. The summed E-state index contributed by atoms with van der Waals surface area (Å²) in [6, 6.07) is 6.87. The van der Waals surface area contributed by atoms with E-state index in [4.69, 9.17) is 4.74 Å². The van der Waals surface area contributed by atoms with E-state index >= 15 is 0 Å². The molecule has 0 spiro atoms. The lowest BCUT2D eigenvalue weighted by Gasteiger charge is -2.06. The number of carbonyl (C=O) groups is 1. The lowest BCUT2D eigenvalue weighted by atomic mass is 10.3. The summed E-state index contributed by atoms with van der Waals surface area (Å²) in [6.07, 6.45) is 3.29. The molecule has 8 nitrogen and oxygen atoms in total. The lowest BCUT2D eigenvalue weighted by molar-refractivity contribution is 0.251. The first-order valence-electron chi connectivity index (χ1n) is 7.18. The van der Waals surface area contributed by atoms with Crippen molar-refractivity contribution in [3.63, 3.8) is 0 Å². The van der Waals surface area contributed by atoms with Crippen LogP contribution < -0.4 is 15.4 Å². The van der Waals surface area contributed by atoms with Crippen LogP contribution in [0, 0.1) is 0 Å². The second-order valence-corrected chi connectivity index (χ2v) is 4.71. The zero-order chi connectivity index (χ0) is 16.1. The van der Waals surface area contributed by atoms with Gasteiger partial charge in [0.05, 0.1) is 29.7 Å². The van der Waals surface area contributed by atoms with Crippen LogP contribution in [0.25, 0.3) is 10.9 Å². The minimum absolute atomic E-state index is 0.341. The van der Waals surface area contributed by atoms with Gasteiger partial charge in [-0.2, -0.15) is 0 Å². The molecule has 3 N–H and O–H groups in total. The largest absolute Gasteiger partial charge is 0.476 e. The average Bonchev–Trinajstić information content (AvgIpc) is 2.97. The molecule has 3 rings (SSSR count). The molecule has 0 saturated carbocycles. The van der Waals surface area contributed by atoms with E-state index in [1.54, 1.807) is 18.5 Å². The number of nitrogens with zero attached hydrogens (tertiary/aromatic N) is 3. The Morgan fingerprint density at radius 3 is 3.04 bits per heavy atom. The predicted molar refractivity (Wildman–Crippen MR) is 85.2 cm³/mol. The molecule has 0 unspecified atom stereocenters. The Morgan fingerprint density at radius 1 is 1.35 bits per heavy atom. The zero-order valence-corrected chi connectivity index (χ0v) is 12.5. The van der Waals surface area contributed by atoms with Gasteiger partial charge in [-0.25, -0.2) is 9.78 Å². The number of hydrogen-bond acceptors (Lipinski definition) is 5. The number of amides is 2. The second-order valence-electron chi connectivity index (χ2n) is 4.71. The molecule has 3 aromatic rings. The third-order valence-corrected chi connectivity index (χ3v) is 3.09. The van der Waals surface area contributed by atoms with E-state index in [0.29, 0.717) is 24.8 Å². The third kappa shape index (κ3) is 3.54. The number of pyridine rings is 2. The molecule has 0 saturated heterocycles. The van der Waals surface area contributed by atoms with Crippen molar-refractivity contribution in [2.45, 2.75) is 13.5 Å². The summed E-state index contributed by atoms with van der Waals surface area (Å²) in [5, 5.41) is 13.1. The molecule has 23 heavy (non-hydrogen) atoms. The smallest absolute Gasteiger partial charge is 0.320 e. The highest BCUT2D eigenvalue weighted by molar-refractivity contribution is 5.91. The number of hydrogen-bond donors (Lipinski definition) is 3. The van der Waals surface area contributed by atoms with Gasteiger partial charge < -0.3 is 10.1 Å². The molecule has 0 radical (unpaired) electrons. The second kappa shape index (κ2) is 6.73. The van der Waals surface area contributed by atoms with Gasteiger partial charge in [0, 0.05) is 18.5 Å². The van der Waals surface area contributed by atoms with Crippen molar-refractivity contribution in [1.82, 2.24) is 25.5 Å². The van der Waals surface area contributed by atoms with Gasteiger partial charge in [-0.05, 0) is 19.1 Å². The standard InChI is InChI=1S/C15H16N6O2/c1-2-23-14-11-9-17-13(7-12(11)20-21-14)19-15(22)18-8-10-5-3-4-6-16-10/h3-7,9H,2,8H2,1H3,(H,20,21)(H2,17,18,19,22). The van der Waals surface area contributed by atoms with Crippen LogP contribution in [0.15, 0.2) is 36.7 Å². The summed E-state index contributed by atoms with van der Waals surface area (Å²) in [6.45, 7) is 2.75. The number of rotatable bonds is 5. The van der Waals surface area contributed by atoms with Crippen molar-refractivity contribution in [1.29, 1.82) is 0 Å². The highest BCUT2D eigenvalue weighted by atomic mass is 16.5. The van der Waals surface area contributed by atoms with Crippen LogP contribution in [0.1, 0.15) is 12.6 Å². The Kier molecular flexibility index (Phi) is 4.32. The van der Waals surface area contributed by atoms with Crippen LogP contribution >= 0.6 is 0 Å². The Labute approximate surface area is 132 Å². The van der Waals surface area contributed by atoms with Crippen LogP contribution in [-0.2, 0) is 6.54 Å². The van der Waals surface area contributed by atoms with Crippen molar-refractivity contribution < 1.29 is 9.53 Å². The number of aromatic amines is 1. The predicted octanol–water partition coefficient (Wildman–Crippen LogP) is 2.07. The molecule has 3 heterocycles. The van der Waals surface area contributed by atoms with Crippen LogP contribution in [0.3, 0.4) is 0 Å². The number of anilines is 1. The molecular weight excluding hydrogens is 296 g/mol. The monoisotopic (exact) mass is 312 g/mol. The van der Waals surface area contributed by atoms with Gasteiger partial charge in [0.1, 0.15) is 5.82 Å². The van der Waals surface area contributed by atoms with Crippen LogP contribution in [0.4, 0.5) is 10.6 Å². The number of fused-ring (bicyclic) bond motifs is 1. The highest BCUT2D eigenvalue weighted by Crippen LogP contribution is 2.23. The molecule has 8 heteroatoms. The van der Waals surface area contributed by atoms with Crippen molar-refractivity contribution in [3.05, 3.63) is 42.4 Å². The van der Waals surface area contributed by atoms with Gasteiger partial charge in [0.15, 0.2) is 0 Å². The number of ether oxygens (including phenoxy) is 1. The van der Waals surface area contributed by atoms with Crippen molar-refractivity contribution in [2.24, 2.45) is 0 Å². The fourth-order valence-electron chi connectivity index (χ4n) is 2.04. The molecule has 3 aromatic heterocycles. The van der Waals surface area contributed by atoms with Gasteiger partial charge in [0.25, 0.3) is 0 Å². The van der Waals surface area contributed by atoms with Crippen LogP contribution in [0.2, 0.25) is 0 Å². The Hall–Kier alpha value is -3.16. The quantitative estimate of drug-likeness (QED) is 0.669. The van der Waals surface area contributed by atoms with Gasteiger partial charge in [-0.3, -0.25) is 15.4 Å². The summed E-state index contributed by atoms with van der Waals surface area (Å²) >= 11 is 0. The van der Waals surface area contributed by atoms with E-state index in [9.17, 15) is 4.79 Å². The van der Waals surface area contributed by atoms with E-state index < -0.39 is 0 Å². The molecule has 0 atom stereocenters. The first kappa shape index (κ1) is 14.8. The average molecular weight is 312 g/mol. The van der Waals surface area contributed by atoms with Crippen molar-refractivity contribution in [2.75, 3.05) is 11.9 Å². The van der Waals surface area contributed by atoms with E-state index in [2.05, 4.69) is 30.8 Å². The molecule has 0 aliphatic heterocycles. The number of H-pyrrole nitrogens is 1. The first-order chi connectivity index (χ1) is 11.3. The van der Waals surface area contributed by atoms with Gasteiger partial charge in [-0.1, -0.05) is 6.07 Å². The lowest BCUT2D eigenvalue weighted by Crippen LogP contribution is -2.28. The molecule has 2 amide bonds. The maximum absolute atomic E-state index is 11.9. The minimum atomic E-state index is -0.355. The summed E-state index contributed by atoms with van der Waals surface area (Å²) in [5.74, 6) is 0.920. The van der Waals surface area contributed by atoms with E-state index in [0.717, 1.165) is 16.6 Å². The summed E-state index contributed by atoms with van der Waals surface area (Å²) in [4.78, 5) is 20.2. The molecule has 0 aliphatic carbocycles. The summed E-state index contributed by atoms with van der Waals surface area (Å²) in [7, 11) is 0. The van der Waals surface area contributed by atoms with Gasteiger partial charge in [-0.15, -0.1) is 5.10 Å². The molecule has 118 valence electrons. The normalized spacial score (nSPS) is 10.5. The maximum atomic E-state index is 11.9. The van der Waals surface area contributed by atoms with Gasteiger partial charge in [0.2, 0.25) is 5.88 Å². The van der Waals surface area contributed by atoms with Crippen LogP contribution in [0.5, 0.6) is 5.88 Å². The fraction of sp³-hybridized carbons (Fsp3) is 0.200. The van der Waals surface area contributed by atoms with E-state index in [-0.39, 0.29) is 6.03 Å². The Morgan fingerprint density at radius 2 is 2.26 bits per heavy atom. The fourth-order valence-corrected chi connectivity index (χ4v) is 2.04. The van der Waals surface area contributed by atoms with Crippen molar-refractivity contribution in [3.8, 4) is 5.88 Å². The summed E-state index contributed by atoms with van der Waals surface area (Å²) < 4.78 is 5.38. The highest BCUT2D eigenvalue weighted by Gasteiger charge is 2.09. The number of nitrogens with one attached hydrogen (secondary N) is 3. The topological polar surface area (TPSA) is 105 Å². The van der Waals surface area contributed by atoms with Gasteiger partial charge >= 0.3 is 6.03 Å². The van der Waals surface area contributed by atoms with Crippen molar-refractivity contribution >= 4 is 22.8 Å². The van der Waals surface area contributed by atoms with Crippen LogP contribution in [-0.4, -0.2) is 32.8 Å². The zero-order valence-electron chi connectivity index (χ0n) is 12.5. The van der Waals surface area contributed by atoms with E-state index in [1.165, 1.54) is 0 Å². The number of carbonyl (C=O) groups excluding carboxylic acids is 1. The van der Waals surface area contributed by atoms with E-state index in [1.807, 2.05) is 25.1 Å². The molecule has 0 bridgehead atoms. The molecular formula is C15H16N6O2. The number of urea groups is 1. The molecule has 0 fully saturated rings.